The Morgan fingerprint density at radius 3 is 2.69 bits per heavy atom. The van der Waals surface area contributed by atoms with E-state index in [2.05, 4.69) is 11.8 Å². The smallest absolute Gasteiger partial charge is 0.330 e. The fraction of sp³-hybridized carbons (Fsp3) is 0.375. The molecule has 0 amide bonds. The maximum absolute atomic E-state index is 11.6. The van der Waals surface area contributed by atoms with Crippen LogP contribution in [0.4, 0.5) is 5.69 Å². The second-order valence-corrected chi connectivity index (χ2v) is 8.13. The zero-order valence-corrected chi connectivity index (χ0v) is 17.5. The summed E-state index contributed by atoms with van der Waals surface area (Å²) >= 11 is 0. The van der Waals surface area contributed by atoms with Gasteiger partial charge in [0.2, 0.25) is 0 Å². The van der Waals surface area contributed by atoms with Crippen molar-refractivity contribution in [3.05, 3.63) is 46.0 Å². The van der Waals surface area contributed by atoms with E-state index in [1.54, 1.807) is 6.07 Å². The summed E-state index contributed by atoms with van der Waals surface area (Å²) in [5, 5.41) is 10.3. The fourth-order valence-electron chi connectivity index (χ4n) is 3.95. The minimum Gasteiger partial charge on any atom is -0.507 e. The van der Waals surface area contributed by atoms with E-state index in [0.29, 0.717) is 11.5 Å². The molecule has 4 rings (SSSR count). The summed E-state index contributed by atoms with van der Waals surface area (Å²) in [4.78, 5) is 13.4. The number of carbonyl (C=O) groups excluding carboxylic acids is 1. The van der Waals surface area contributed by atoms with Gasteiger partial charge < -0.3 is 19.5 Å². The lowest BCUT2D eigenvalue weighted by molar-refractivity contribution is -0.133. The Hall–Kier alpha value is -3.13. The number of benzene rings is 2. The Labute approximate surface area is 171 Å². The molecule has 0 radical (unpaired) electrons. The number of ether oxygens (including phenoxy) is 2. The van der Waals surface area contributed by atoms with E-state index in [1.165, 1.54) is 0 Å². The minimum atomic E-state index is -0.609. The van der Waals surface area contributed by atoms with Crippen molar-refractivity contribution in [2.24, 2.45) is 0 Å². The first-order valence-electron chi connectivity index (χ1n) is 9.78. The van der Waals surface area contributed by atoms with E-state index in [4.69, 9.17) is 9.47 Å². The second-order valence-electron chi connectivity index (χ2n) is 8.13. The molecule has 1 unspecified atom stereocenters. The summed E-state index contributed by atoms with van der Waals surface area (Å²) in [6.07, 6.45) is 1.56. The van der Waals surface area contributed by atoms with Crippen molar-refractivity contribution in [3.8, 4) is 29.1 Å². The average molecular weight is 391 g/mol. The highest BCUT2D eigenvalue weighted by Gasteiger charge is 2.33. The van der Waals surface area contributed by atoms with Gasteiger partial charge in [0.05, 0.1) is 5.69 Å². The van der Waals surface area contributed by atoms with Crippen LogP contribution in [0.3, 0.4) is 0 Å². The van der Waals surface area contributed by atoms with Gasteiger partial charge in [0.15, 0.2) is 11.4 Å². The molecule has 1 N–H and O–H groups in total. The summed E-state index contributed by atoms with van der Waals surface area (Å²) < 4.78 is 11.7. The number of rotatable bonds is 0. The van der Waals surface area contributed by atoms with Gasteiger partial charge >= 0.3 is 5.97 Å². The first-order valence-corrected chi connectivity index (χ1v) is 9.78. The van der Waals surface area contributed by atoms with Gasteiger partial charge in [0.25, 0.3) is 0 Å². The van der Waals surface area contributed by atoms with E-state index in [-0.39, 0.29) is 12.5 Å². The molecule has 0 aliphatic carbocycles. The zero-order valence-electron chi connectivity index (χ0n) is 17.5. The second kappa shape index (κ2) is 6.73. The number of phenols is 1. The Morgan fingerprint density at radius 1 is 1.17 bits per heavy atom. The van der Waals surface area contributed by atoms with Gasteiger partial charge in [-0.25, -0.2) is 4.79 Å². The van der Waals surface area contributed by atoms with Crippen LogP contribution < -0.4 is 14.4 Å². The molecule has 0 saturated carbocycles. The van der Waals surface area contributed by atoms with Crippen LogP contribution in [-0.4, -0.2) is 30.3 Å². The van der Waals surface area contributed by atoms with E-state index < -0.39 is 5.60 Å². The van der Waals surface area contributed by atoms with Crippen LogP contribution in [0.2, 0.25) is 0 Å². The molecule has 0 aromatic heterocycles. The molecule has 0 spiro atoms. The van der Waals surface area contributed by atoms with E-state index >= 15 is 0 Å². The predicted molar refractivity (Wildman–Crippen MR) is 112 cm³/mol. The van der Waals surface area contributed by atoms with Crippen molar-refractivity contribution in [2.45, 2.75) is 46.1 Å². The van der Waals surface area contributed by atoms with Crippen LogP contribution in [0, 0.1) is 32.6 Å². The monoisotopic (exact) mass is 391 g/mol. The quantitative estimate of drug-likeness (QED) is 0.420. The molecule has 29 heavy (non-hydrogen) atoms. The van der Waals surface area contributed by atoms with Gasteiger partial charge in [0.1, 0.15) is 18.0 Å². The van der Waals surface area contributed by atoms with Crippen molar-refractivity contribution in [3.63, 3.8) is 0 Å². The highest BCUT2D eigenvalue weighted by molar-refractivity contribution is 5.84. The Bertz CT molecular complexity index is 1090. The number of hydrogen-bond donors (Lipinski definition) is 1. The molecule has 0 bridgehead atoms. The number of esters is 1. The molecule has 2 aromatic carbocycles. The van der Waals surface area contributed by atoms with Crippen LogP contribution in [0.15, 0.2) is 18.2 Å². The third-order valence-corrected chi connectivity index (χ3v) is 5.95. The zero-order chi connectivity index (χ0) is 20.9. The van der Waals surface area contributed by atoms with Crippen molar-refractivity contribution < 1.29 is 19.4 Å². The van der Waals surface area contributed by atoms with Gasteiger partial charge in [-0.2, -0.15) is 0 Å². The maximum Gasteiger partial charge on any atom is 0.330 e. The predicted octanol–water partition coefficient (Wildman–Crippen LogP) is 3.81. The van der Waals surface area contributed by atoms with Crippen molar-refractivity contribution in [1.29, 1.82) is 0 Å². The molecule has 2 heterocycles. The lowest BCUT2D eigenvalue weighted by Gasteiger charge is -2.34. The van der Waals surface area contributed by atoms with Gasteiger partial charge in [0, 0.05) is 24.6 Å². The number of anilines is 1. The van der Waals surface area contributed by atoms with Crippen LogP contribution in [0.5, 0.6) is 17.2 Å². The van der Waals surface area contributed by atoms with Gasteiger partial charge in [-0.1, -0.05) is 11.8 Å². The number of hydrogen-bond acceptors (Lipinski definition) is 5. The molecule has 2 aliphatic heterocycles. The standard InChI is InChI=1S/C24H25NO4/c1-14-15(2)23-18(16(3)22(14)27)9-11-24(4,29-23)10-8-17-6-7-20-19(12-17)25(5)13-21(26)28-20/h6-7,12,27H,9,11,13H2,1-5H3. The SMILES string of the molecule is Cc1c(C)c2c(c(C)c1O)CCC(C)(C#Cc1ccc3c(c1)N(C)CC(=O)O3)O2. The van der Waals surface area contributed by atoms with Crippen LogP contribution >= 0.6 is 0 Å². The highest BCUT2D eigenvalue weighted by atomic mass is 16.5. The fourth-order valence-corrected chi connectivity index (χ4v) is 3.95. The molecule has 150 valence electrons. The van der Waals surface area contributed by atoms with Crippen LogP contribution in [0.25, 0.3) is 0 Å². The summed E-state index contributed by atoms with van der Waals surface area (Å²) in [6.45, 7) is 8.07. The number of nitrogens with zero attached hydrogens (tertiary/aromatic N) is 1. The number of carbonyl (C=O) groups is 1. The average Bonchev–Trinajstić information content (AvgIpc) is 2.69. The van der Waals surface area contributed by atoms with E-state index in [9.17, 15) is 9.90 Å². The molecular formula is C24H25NO4. The van der Waals surface area contributed by atoms with Crippen molar-refractivity contribution in [2.75, 3.05) is 18.5 Å². The molecule has 1 atom stereocenters. The molecular weight excluding hydrogens is 366 g/mol. The van der Waals surface area contributed by atoms with E-state index in [0.717, 1.165) is 52.1 Å². The maximum atomic E-state index is 11.6. The van der Waals surface area contributed by atoms with Crippen LogP contribution in [0.1, 0.15) is 41.2 Å². The largest absolute Gasteiger partial charge is 0.507 e. The first-order chi connectivity index (χ1) is 13.7. The minimum absolute atomic E-state index is 0.228. The lowest BCUT2D eigenvalue weighted by atomic mass is 9.87. The molecule has 2 aliphatic rings. The highest BCUT2D eigenvalue weighted by Crippen LogP contribution is 2.43. The van der Waals surface area contributed by atoms with Crippen LogP contribution in [-0.2, 0) is 11.2 Å². The third kappa shape index (κ3) is 3.29. The Balaban J connectivity index is 1.65. The normalized spacial score (nSPS) is 20.0. The first kappa shape index (κ1) is 19.2. The third-order valence-electron chi connectivity index (χ3n) is 5.95. The summed E-state index contributed by atoms with van der Waals surface area (Å²) in [7, 11) is 1.86. The Kier molecular flexibility index (Phi) is 4.46. The Morgan fingerprint density at radius 2 is 1.93 bits per heavy atom. The van der Waals surface area contributed by atoms with Crippen molar-refractivity contribution >= 4 is 11.7 Å². The number of likely N-dealkylation sites (N-methyl/N-ethyl adjacent to an activating group) is 1. The molecule has 5 nitrogen and oxygen atoms in total. The molecule has 0 saturated heterocycles. The number of phenolic OH excluding ortho intramolecular Hbond substituents is 1. The number of fused-ring (bicyclic) bond motifs is 2. The topological polar surface area (TPSA) is 59.0 Å². The van der Waals surface area contributed by atoms with Gasteiger partial charge in [-0.05, 0) is 69.0 Å². The molecule has 2 aromatic rings. The summed E-state index contributed by atoms with van der Waals surface area (Å²) in [5.74, 6) is 8.05. The molecule has 5 heteroatoms. The van der Waals surface area contributed by atoms with Crippen molar-refractivity contribution in [1.82, 2.24) is 0 Å². The lowest BCUT2D eigenvalue weighted by Crippen LogP contribution is -2.35. The number of aromatic hydroxyl groups is 1. The molecule has 0 fully saturated rings. The van der Waals surface area contributed by atoms with E-state index in [1.807, 2.05) is 51.8 Å². The summed E-state index contributed by atoms with van der Waals surface area (Å²) in [6, 6.07) is 5.58. The van der Waals surface area contributed by atoms with Gasteiger partial charge in [-0.3, -0.25) is 0 Å². The van der Waals surface area contributed by atoms with Gasteiger partial charge in [-0.15, -0.1) is 0 Å². The summed E-state index contributed by atoms with van der Waals surface area (Å²) in [5.41, 5.74) is 4.88.